The molecule has 71 heavy (non-hydrogen) atoms. The van der Waals surface area contributed by atoms with E-state index >= 15 is 0 Å². The molecule has 0 aliphatic rings. The van der Waals surface area contributed by atoms with Gasteiger partial charge in [0.2, 0.25) is 0 Å². The molecule has 4 nitrogen and oxygen atoms in total. The van der Waals surface area contributed by atoms with Crippen LogP contribution in [0, 0.1) is 13.8 Å². The van der Waals surface area contributed by atoms with E-state index in [1.54, 1.807) is 0 Å². The third-order valence-corrected chi connectivity index (χ3v) is 13.8. The van der Waals surface area contributed by atoms with Crippen LogP contribution in [0.5, 0.6) is 5.75 Å². The van der Waals surface area contributed by atoms with Crippen LogP contribution in [0.2, 0.25) is 0 Å². The largest absolute Gasteiger partial charge is 0.507 e. The maximum absolute atomic E-state index is 12.2. The molecule has 0 bridgehead atoms. The zero-order valence-corrected chi connectivity index (χ0v) is 42.2. The van der Waals surface area contributed by atoms with Crippen LogP contribution < -0.4 is 0 Å². The molecule has 0 atom stereocenters. The standard InChI is InChI=1S/C67H63N3O/c1-42(2)45-27-29-47(30-28-45)49-33-34-68-59(40-49)53-38-51(46-19-13-11-14-20-46)37-52(39-53)56-24-18-26-61-63(56)69-65(57-41-54(66(5,6)7)36-44(4)64(57)71)70(61)60-32-31-50(35-43(60)3)62-55(48-21-15-12-16-22-48)23-17-25-58(62)67(8,9)10/h11-42,71H,1-10H3/i3D3,42D. The highest BCUT2D eigenvalue weighted by Crippen LogP contribution is 2.45. The number of fused-ring (bicyclic) bond motifs is 1. The van der Waals surface area contributed by atoms with Crippen molar-refractivity contribution in [1.29, 1.82) is 0 Å². The summed E-state index contributed by atoms with van der Waals surface area (Å²) in [6, 6.07) is 61.6. The van der Waals surface area contributed by atoms with Crippen molar-refractivity contribution in [2.24, 2.45) is 0 Å². The summed E-state index contributed by atoms with van der Waals surface area (Å²) >= 11 is 0. The molecule has 0 unspecified atom stereocenters. The van der Waals surface area contributed by atoms with Gasteiger partial charge in [-0.1, -0.05) is 183 Å². The van der Waals surface area contributed by atoms with Crippen molar-refractivity contribution in [3.05, 3.63) is 216 Å². The molecule has 0 aliphatic carbocycles. The second-order valence-corrected chi connectivity index (χ2v) is 21.1. The fourth-order valence-corrected chi connectivity index (χ4v) is 9.87. The van der Waals surface area contributed by atoms with Gasteiger partial charge in [-0.3, -0.25) is 9.55 Å². The second-order valence-electron chi connectivity index (χ2n) is 21.1. The molecule has 10 rings (SSSR count). The van der Waals surface area contributed by atoms with Crippen LogP contribution in [0.15, 0.2) is 188 Å². The molecule has 2 heterocycles. The maximum Gasteiger partial charge on any atom is 0.149 e. The van der Waals surface area contributed by atoms with Gasteiger partial charge in [0.1, 0.15) is 11.6 Å². The average molecular weight is 930 g/mol. The van der Waals surface area contributed by atoms with E-state index < -0.39 is 12.7 Å². The highest BCUT2D eigenvalue weighted by atomic mass is 16.3. The number of aromatic nitrogens is 3. The Balaban J connectivity index is 1.24. The summed E-state index contributed by atoms with van der Waals surface area (Å²) in [6.07, 6.45) is 1.84. The third kappa shape index (κ3) is 9.12. The number of imidazole rings is 1. The Morgan fingerprint density at radius 1 is 0.535 bits per heavy atom. The van der Waals surface area contributed by atoms with E-state index in [-0.39, 0.29) is 22.1 Å². The van der Waals surface area contributed by atoms with Crippen molar-refractivity contribution in [3.63, 3.8) is 0 Å². The lowest BCUT2D eigenvalue weighted by Gasteiger charge is -2.26. The number of phenols is 1. The summed E-state index contributed by atoms with van der Waals surface area (Å²) in [4.78, 5) is 10.5. The molecule has 0 spiro atoms. The molecule has 352 valence electrons. The Hall–Kier alpha value is -7.82. The number of benzene rings is 8. The van der Waals surface area contributed by atoms with Crippen molar-refractivity contribution < 1.29 is 10.6 Å². The number of pyridine rings is 1. The Kier molecular flexibility index (Phi) is 11.0. The SMILES string of the molecule is [2H]C([2H])([2H])c1cc(-c2c(-c3ccccc3)cccc2C(C)(C)C)ccc1-n1c(-c2cc(C(C)(C)C)cc(C)c2O)nc2c(-c3cc(-c4ccccc4)cc(-c4cc(-c5ccc(C([2H])(C)C)cc5)ccn4)c3)cccc21. The van der Waals surface area contributed by atoms with Gasteiger partial charge < -0.3 is 5.11 Å². The minimum Gasteiger partial charge on any atom is -0.507 e. The third-order valence-electron chi connectivity index (χ3n) is 13.8. The summed E-state index contributed by atoms with van der Waals surface area (Å²) < 4.78 is 38.3. The molecule has 0 saturated carbocycles. The fraction of sp³-hybridized carbons (Fsp3) is 0.194. The van der Waals surface area contributed by atoms with Gasteiger partial charge in [-0.05, 0) is 163 Å². The molecule has 4 heteroatoms. The zero-order chi connectivity index (χ0) is 53.2. The molecule has 0 radical (unpaired) electrons. The number of rotatable bonds is 9. The van der Waals surface area contributed by atoms with E-state index in [1.807, 2.05) is 129 Å². The molecule has 0 amide bonds. The zero-order valence-electron chi connectivity index (χ0n) is 46.2. The monoisotopic (exact) mass is 930 g/mol. The van der Waals surface area contributed by atoms with E-state index in [0.29, 0.717) is 33.7 Å². The topological polar surface area (TPSA) is 50.9 Å². The lowest BCUT2D eigenvalue weighted by Crippen LogP contribution is -2.13. The van der Waals surface area contributed by atoms with Gasteiger partial charge in [0.05, 0.1) is 28.0 Å². The van der Waals surface area contributed by atoms with Crippen LogP contribution in [0.4, 0.5) is 0 Å². The molecule has 0 saturated heterocycles. The fourth-order valence-electron chi connectivity index (χ4n) is 9.87. The van der Waals surface area contributed by atoms with E-state index in [9.17, 15) is 9.22 Å². The van der Waals surface area contributed by atoms with Gasteiger partial charge in [-0.2, -0.15) is 0 Å². The van der Waals surface area contributed by atoms with Gasteiger partial charge in [-0.25, -0.2) is 4.98 Å². The summed E-state index contributed by atoms with van der Waals surface area (Å²) in [6.45, 7) is 16.1. The van der Waals surface area contributed by atoms with Gasteiger partial charge in [0.25, 0.3) is 0 Å². The average Bonchev–Trinajstić information content (AvgIpc) is 3.79. The Bertz CT molecular complexity index is 3760. The first-order chi connectivity index (χ1) is 35.5. The van der Waals surface area contributed by atoms with Crippen molar-refractivity contribution in [1.82, 2.24) is 14.5 Å². The van der Waals surface area contributed by atoms with Crippen LogP contribution in [0.25, 0.3) is 95.0 Å². The normalized spacial score (nSPS) is 13.1. The molecule has 1 N–H and O–H groups in total. The molecular formula is C67H63N3O. The first kappa shape index (κ1) is 42.1. The van der Waals surface area contributed by atoms with E-state index in [2.05, 4.69) is 126 Å². The molecule has 2 aromatic heterocycles. The van der Waals surface area contributed by atoms with Crippen LogP contribution >= 0.6 is 0 Å². The highest BCUT2D eigenvalue weighted by Gasteiger charge is 2.27. The summed E-state index contributed by atoms with van der Waals surface area (Å²) in [5, 5.41) is 12.2. The molecule has 10 aromatic rings. The van der Waals surface area contributed by atoms with Gasteiger partial charge in [-0.15, -0.1) is 0 Å². The summed E-state index contributed by atoms with van der Waals surface area (Å²) in [7, 11) is 0. The van der Waals surface area contributed by atoms with Crippen LogP contribution in [-0.4, -0.2) is 19.6 Å². The van der Waals surface area contributed by atoms with Crippen molar-refractivity contribution in [3.8, 4) is 89.7 Å². The lowest BCUT2D eigenvalue weighted by molar-refractivity contribution is 0.471. The number of aryl methyl sites for hydroxylation is 2. The van der Waals surface area contributed by atoms with Crippen molar-refractivity contribution >= 4 is 11.0 Å². The molecular weight excluding hydrogens is 863 g/mol. The quantitative estimate of drug-likeness (QED) is 0.157. The van der Waals surface area contributed by atoms with Crippen molar-refractivity contribution in [2.75, 3.05) is 0 Å². The Morgan fingerprint density at radius 2 is 1.18 bits per heavy atom. The number of para-hydroxylation sites is 1. The maximum atomic E-state index is 12.2. The minimum atomic E-state index is -2.56. The first-order valence-corrected chi connectivity index (χ1v) is 24.5. The van der Waals surface area contributed by atoms with Crippen LogP contribution in [0.3, 0.4) is 0 Å². The minimum absolute atomic E-state index is 0.0807. The van der Waals surface area contributed by atoms with Gasteiger partial charge in [0, 0.05) is 22.8 Å². The van der Waals surface area contributed by atoms with Crippen molar-refractivity contribution in [2.45, 2.75) is 85.9 Å². The van der Waals surface area contributed by atoms with Crippen LogP contribution in [-0.2, 0) is 10.8 Å². The van der Waals surface area contributed by atoms with E-state index in [1.165, 1.54) is 0 Å². The number of nitrogens with zero attached hydrogens (tertiary/aromatic N) is 3. The van der Waals surface area contributed by atoms with Gasteiger partial charge >= 0.3 is 0 Å². The summed E-state index contributed by atoms with van der Waals surface area (Å²) in [5.74, 6) is -0.201. The second kappa shape index (κ2) is 18.5. The van der Waals surface area contributed by atoms with E-state index in [0.717, 1.165) is 83.6 Å². The number of aromatic hydroxyl groups is 1. The predicted molar refractivity (Wildman–Crippen MR) is 300 cm³/mol. The molecule has 8 aromatic carbocycles. The summed E-state index contributed by atoms with van der Waals surface area (Å²) in [5.41, 5.74) is 17.0. The highest BCUT2D eigenvalue weighted by molar-refractivity contribution is 5.98. The first-order valence-electron chi connectivity index (χ1n) is 26.5. The number of phenolic OH excluding ortho intramolecular Hbond substituents is 1. The smallest absolute Gasteiger partial charge is 0.149 e. The molecule has 0 fully saturated rings. The Labute approximate surface area is 426 Å². The van der Waals surface area contributed by atoms with Crippen LogP contribution in [0.1, 0.15) is 94.6 Å². The van der Waals surface area contributed by atoms with Gasteiger partial charge in [0.15, 0.2) is 0 Å². The lowest BCUT2D eigenvalue weighted by atomic mass is 9.78. The van der Waals surface area contributed by atoms with E-state index in [4.69, 9.17) is 11.3 Å². The number of hydrogen-bond donors (Lipinski definition) is 1. The molecule has 0 aliphatic heterocycles. The Morgan fingerprint density at radius 3 is 1.87 bits per heavy atom. The predicted octanol–water partition coefficient (Wildman–Crippen LogP) is 18.1. The number of hydrogen-bond acceptors (Lipinski definition) is 3.